The number of likely N-dealkylation sites (tertiary alicyclic amines) is 1. The SMILES string of the molecule is Cc1ccc(O)c(C(=O)N2CC(C)(N)C2)c1. The Bertz CT molecular complexity index is 433. The lowest BCUT2D eigenvalue weighted by Crippen LogP contribution is -2.66. The van der Waals surface area contributed by atoms with Gasteiger partial charge in [0, 0.05) is 18.6 Å². The molecule has 2 rings (SSSR count). The molecule has 0 atom stereocenters. The lowest BCUT2D eigenvalue weighted by molar-refractivity contribution is 0.0450. The minimum atomic E-state index is -0.283. The normalized spacial score (nSPS) is 18.1. The number of carbonyl (C=O) groups is 1. The molecule has 0 spiro atoms. The number of nitrogens with zero attached hydrogens (tertiary/aromatic N) is 1. The van der Waals surface area contributed by atoms with E-state index < -0.39 is 0 Å². The Labute approximate surface area is 94.7 Å². The van der Waals surface area contributed by atoms with Gasteiger partial charge in [-0.05, 0) is 26.0 Å². The minimum Gasteiger partial charge on any atom is -0.507 e. The first-order valence-electron chi connectivity index (χ1n) is 5.27. The summed E-state index contributed by atoms with van der Waals surface area (Å²) in [5, 5.41) is 9.63. The fraction of sp³-hybridized carbons (Fsp3) is 0.417. The summed E-state index contributed by atoms with van der Waals surface area (Å²) < 4.78 is 0. The van der Waals surface area contributed by atoms with Gasteiger partial charge < -0.3 is 15.7 Å². The molecule has 1 heterocycles. The van der Waals surface area contributed by atoms with Gasteiger partial charge in [-0.15, -0.1) is 0 Å². The van der Waals surface area contributed by atoms with E-state index in [-0.39, 0.29) is 17.2 Å². The van der Waals surface area contributed by atoms with Gasteiger partial charge in [-0.1, -0.05) is 11.6 Å². The molecule has 0 radical (unpaired) electrons. The highest BCUT2D eigenvalue weighted by atomic mass is 16.3. The smallest absolute Gasteiger partial charge is 0.257 e. The molecule has 1 fully saturated rings. The van der Waals surface area contributed by atoms with Gasteiger partial charge in [-0.2, -0.15) is 0 Å². The van der Waals surface area contributed by atoms with E-state index in [4.69, 9.17) is 5.73 Å². The number of carbonyl (C=O) groups excluding carboxylic acids is 1. The van der Waals surface area contributed by atoms with Crippen molar-refractivity contribution in [3.05, 3.63) is 29.3 Å². The highest BCUT2D eigenvalue weighted by Gasteiger charge is 2.38. The van der Waals surface area contributed by atoms with Gasteiger partial charge in [0.15, 0.2) is 0 Å². The van der Waals surface area contributed by atoms with Crippen molar-refractivity contribution in [3.63, 3.8) is 0 Å². The van der Waals surface area contributed by atoms with Crippen LogP contribution in [0.3, 0.4) is 0 Å². The average molecular weight is 220 g/mol. The van der Waals surface area contributed by atoms with E-state index in [1.165, 1.54) is 0 Å². The van der Waals surface area contributed by atoms with Crippen LogP contribution in [-0.2, 0) is 0 Å². The number of phenolic OH excluding ortho intramolecular Hbond substituents is 1. The molecule has 3 N–H and O–H groups in total. The summed E-state index contributed by atoms with van der Waals surface area (Å²) >= 11 is 0. The summed E-state index contributed by atoms with van der Waals surface area (Å²) in [7, 11) is 0. The third-order valence-electron chi connectivity index (χ3n) is 2.77. The molecule has 1 aromatic rings. The van der Waals surface area contributed by atoms with Crippen LogP contribution in [0.25, 0.3) is 0 Å². The van der Waals surface area contributed by atoms with Crippen LogP contribution >= 0.6 is 0 Å². The first-order chi connectivity index (χ1) is 7.39. The highest BCUT2D eigenvalue weighted by Crippen LogP contribution is 2.25. The molecule has 0 aromatic heterocycles. The summed E-state index contributed by atoms with van der Waals surface area (Å²) in [4.78, 5) is 13.6. The summed E-state index contributed by atoms with van der Waals surface area (Å²) in [6, 6.07) is 5.02. The van der Waals surface area contributed by atoms with Gasteiger partial charge in [0.05, 0.1) is 5.56 Å². The van der Waals surface area contributed by atoms with E-state index in [0.717, 1.165) is 5.56 Å². The summed E-state index contributed by atoms with van der Waals surface area (Å²) in [6.45, 7) is 4.88. The Hall–Kier alpha value is -1.55. The number of hydrogen-bond donors (Lipinski definition) is 2. The fourth-order valence-corrected chi connectivity index (χ4v) is 1.96. The monoisotopic (exact) mass is 220 g/mol. The molecular weight excluding hydrogens is 204 g/mol. The molecule has 0 unspecified atom stereocenters. The molecule has 16 heavy (non-hydrogen) atoms. The van der Waals surface area contributed by atoms with Crippen LogP contribution < -0.4 is 5.73 Å². The standard InChI is InChI=1S/C12H16N2O2/c1-8-3-4-10(15)9(5-8)11(16)14-6-12(2,13)7-14/h3-5,15H,6-7,13H2,1-2H3. The summed E-state index contributed by atoms with van der Waals surface area (Å²) in [5.41, 5.74) is 6.87. The van der Waals surface area contributed by atoms with Crippen molar-refractivity contribution < 1.29 is 9.90 Å². The minimum absolute atomic E-state index is 0.0289. The quantitative estimate of drug-likeness (QED) is 0.738. The molecule has 0 aliphatic carbocycles. The summed E-state index contributed by atoms with van der Waals surface area (Å²) in [5.74, 6) is -0.120. The molecule has 1 aliphatic heterocycles. The molecule has 1 saturated heterocycles. The molecule has 1 aromatic carbocycles. The number of rotatable bonds is 1. The van der Waals surface area contributed by atoms with Gasteiger partial charge in [-0.25, -0.2) is 0 Å². The number of amides is 1. The maximum Gasteiger partial charge on any atom is 0.257 e. The second-order valence-corrected chi connectivity index (χ2v) is 4.84. The Morgan fingerprint density at radius 3 is 2.69 bits per heavy atom. The number of benzene rings is 1. The van der Waals surface area contributed by atoms with Crippen molar-refractivity contribution in [1.29, 1.82) is 0 Å². The number of hydrogen-bond acceptors (Lipinski definition) is 3. The zero-order valence-corrected chi connectivity index (χ0v) is 9.53. The van der Waals surface area contributed by atoms with E-state index in [0.29, 0.717) is 18.7 Å². The topological polar surface area (TPSA) is 66.6 Å². The van der Waals surface area contributed by atoms with Crippen LogP contribution in [0.1, 0.15) is 22.8 Å². The first kappa shape index (κ1) is 11.0. The molecule has 1 aliphatic rings. The van der Waals surface area contributed by atoms with Crippen LogP contribution in [-0.4, -0.2) is 34.5 Å². The van der Waals surface area contributed by atoms with Crippen LogP contribution in [0.15, 0.2) is 18.2 Å². The van der Waals surface area contributed by atoms with E-state index in [1.54, 1.807) is 23.1 Å². The molecule has 0 bridgehead atoms. The number of phenols is 1. The van der Waals surface area contributed by atoms with Gasteiger partial charge in [0.25, 0.3) is 5.91 Å². The maximum atomic E-state index is 12.0. The Kier molecular flexibility index (Phi) is 2.39. The van der Waals surface area contributed by atoms with Crippen molar-refractivity contribution in [1.82, 2.24) is 4.90 Å². The maximum absolute atomic E-state index is 12.0. The predicted octanol–water partition coefficient (Wildman–Crippen LogP) is 0.874. The lowest BCUT2D eigenvalue weighted by Gasteiger charge is -2.45. The second-order valence-electron chi connectivity index (χ2n) is 4.84. The third-order valence-corrected chi connectivity index (χ3v) is 2.77. The van der Waals surface area contributed by atoms with E-state index in [1.807, 2.05) is 13.8 Å². The van der Waals surface area contributed by atoms with Gasteiger partial charge in [0.1, 0.15) is 5.75 Å². The van der Waals surface area contributed by atoms with E-state index in [2.05, 4.69) is 0 Å². The van der Waals surface area contributed by atoms with Crippen LogP contribution in [0, 0.1) is 6.92 Å². The number of aromatic hydroxyl groups is 1. The summed E-state index contributed by atoms with van der Waals surface area (Å²) in [6.07, 6.45) is 0. The van der Waals surface area contributed by atoms with Crippen LogP contribution in [0.4, 0.5) is 0 Å². The van der Waals surface area contributed by atoms with Gasteiger partial charge in [0.2, 0.25) is 0 Å². The van der Waals surface area contributed by atoms with Crippen molar-refractivity contribution in [2.45, 2.75) is 19.4 Å². The Morgan fingerprint density at radius 1 is 1.50 bits per heavy atom. The lowest BCUT2D eigenvalue weighted by atomic mass is 9.92. The first-order valence-corrected chi connectivity index (χ1v) is 5.27. The van der Waals surface area contributed by atoms with Crippen LogP contribution in [0.2, 0.25) is 0 Å². The second kappa shape index (κ2) is 3.49. The highest BCUT2D eigenvalue weighted by molar-refractivity contribution is 5.97. The molecule has 1 amide bonds. The van der Waals surface area contributed by atoms with Crippen LogP contribution in [0.5, 0.6) is 5.75 Å². The average Bonchev–Trinajstić information content (AvgIpc) is 2.17. The molecule has 4 nitrogen and oxygen atoms in total. The Balaban J connectivity index is 2.19. The van der Waals surface area contributed by atoms with Crippen molar-refractivity contribution >= 4 is 5.91 Å². The molecule has 0 saturated carbocycles. The van der Waals surface area contributed by atoms with E-state index >= 15 is 0 Å². The fourth-order valence-electron chi connectivity index (χ4n) is 1.96. The molecule has 86 valence electrons. The predicted molar refractivity (Wildman–Crippen MR) is 61.3 cm³/mol. The third kappa shape index (κ3) is 1.88. The van der Waals surface area contributed by atoms with Gasteiger partial charge >= 0.3 is 0 Å². The zero-order valence-electron chi connectivity index (χ0n) is 9.53. The van der Waals surface area contributed by atoms with Gasteiger partial charge in [-0.3, -0.25) is 4.79 Å². The molecular formula is C12H16N2O2. The zero-order chi connectivity index (χ0) is 11.9. The number of nitrogens with two attached hydrogens (primary N) is 1. The van der Waals surface area contributed by atoms with Crippen molar-refractivity contribution in [3.8, 4) is 5.75 Å². The van der Waals surface area contributed by atoms with Crippen molar-refractivity contribution in [2.24, 2.45) is 5.73 Å². The van der Waals surface area contributed by atoms with Crippen molar-refractivity contribution in [2.75, 3.05) is 13.1 Å². The van der Waals surface area contributed by atoms with E-state index in [9.17, 15) is 9.90 Å². The number of aryl methyl sites for hydroxylation is 1. The molecule has 4 heteroatoms. The Morgan fingerprint density at radius 2 is 2.12 bits per heavy atom. The largest absolute Gasteiger partial charge is 0.507 e.